The van der Waals surface area contributed by atoms with E-state index in [1.165, 1.54) is 17.1 Å². The second-order valence-electron chi connectivity index (χ2n) is 3.51. The monoisotopic (exact) mass is 305 g/mol. The van der Waals surface area contributed by atoms with Crippen molar-refractivity contribution < 1.29 is 13.2 Å². The van der Waals surface area contributed by atoms with Crippen molar-refractivity contribution in [3.63, 3.8) is 0 Å². The average Bonchev–Trinajstić information content (AvgIpc) is 2.86. The summed E-state index contributed by atoms with van der Waals surface area (Å²) in [5, 5.41) is 2.66. The molecule has 0 atom stereocenters. The first-order valence-corrected chi connectivity index (χ1v) is 6.37. The molecule has 0 aliphatic rings. The van der Waals surface area contributed by atoms with Crippen LogP contribution in [-0.2, 0) is 0 Å². The number of hydrogen-bond acceptors (Lipinski definition) is 7. The number of imidazole rings is 1. The predicted molar refractivity (Wildman–Crippen MR) is 68.4 cm³/mol. The Kier molecular flexibility index (Phi) is 4.27. The highest BCUT2D eigenvalue weighted by atomic mass is 32.2. The zero-order chi connectivity index (χ0) is 14.6. The maximum atomic E-state index is 12.0. The molecule has 0 radical (unpaired) electrons. The predicted octanol–water partition coefficient (Wildman–Crippen LogP) is 1.30. The molecule has 0 bridgehead atoms. The highest BCUT2D eigenvalue weighted by Gasteiger charge is 2.27. The summed E-state index contributed by atoms with van der Waals surface area (Å²) in [6.07, 6.45) is 4.61. The number of nitrogens with zero attached hydrogens (tertiary/aromatic N) is 5. The van der Waals surface area contributed by atoms with Gasteiger partial charge in [-0.1, -0.05) is 0 Å². The van der Waals surface area contributed by atoms with Crippen LogP contribution in [0.3, 0.4) is 0 Å². The zero-order valence-electron chi connectivity index (χ0n) is 10.0. The van der Waals surface area contributed by atoms with E-state index >= 15 is 0 Å². The zero-order valence-corrected chi connectivity index (χ0v) is 10.8. The van der Waals surface area contributed by atoms with E-state index in [0.29, 0.717) is 0 Å². The Morgan fingerprint density at radius 2 is 2.10 bits per heavy atom. The largest absolute Gasteiger partial charge is 0.441 e. The van der Waals surface area contributed by atoms with Crippen LogP contribution in [0.5, 0.6) is 0 Å². The van der Waals surface area contributed by atoms with Crippen LogP contribution in [0.2, 0.25) is 0 Å². The third kappa shape index (κ3) is 4.26. The molecule has 0 amide bonds. The summed E-state index contributed by atoms with van der Waals surface area (Å²) < 4.78 is 37.4. The van der Waals surface area contributed by atoms with Gasteiger partial charge in [-0.15, -0.1) is 0 Å². The molecule has 0 aliphatic carbocycles. The summed E-state index contributed by atoms with van der Waals surface area (Å²) in [5.74, 6) is 0.162. The van der Waals surface area contributed by atoms with Crippen LogP contribution in [0.15, 0.2) is 18.7 Å². The van der Waals surface area contributed by atoms with Gasteiger partial charge < -0.3 is 11.1 Å². The van der Waals surface area contributed by atoms with Gasteiger partial charge in [-0.05, 0) is 11.8 Å². The Morgan fingerprint density at radius 3 is 2.75 bits per heavy atom. The number of aromatic nitrogens is 5. The first kappa shape index (κ1) is 14.4. The molecule has 2 aromatic heterocycles. The van der Waals surface area contributed by atoms with Crippen LogP contribution in [0.4, 0.5) is 25.1 Å². The SMILES string of the molecule is Nc1nc(NCCSC(F)(F)F)nc(-n2ccnc2)n1. The van der Waals surface area contributed by atoms with Gasteiger partial charge in [0, 0.05) is 24.7 Å². The fraction of sp³-hybridized carbons (Fsp3) is 0.333. The number of hydrogen-bond donors (Lipinski definition) is 2. The first-order chi connectivity index (χ1) is 9.44. The Bertz CT molecular complexity index is 557. The van der Waals surface area contributed by atoms with Gasteiger partial charge in [0.05, 0.1) is 0 Å². The van der Waals surface area contributed by atoms with Gasteiger partial charge in [0.25, 0.3) is 0 Å². The van der Waals surface area contributed by atoms with Crippen LogP contribution in [0.25, 0.3) is 5.95 Å². The second-order valence-corrected chi connectivity index (χ2v) is 4.67. The molecule has 0 aliphatic heterocycles. The quantitative estimate of drug-likeness (QED) is 0.804. The lowest BCUT2D eigenvalue weighted by atomic mass is 10.7. The highest BCUT2D eigenvalue weighted by molar-refractivity contribution is 8.00. The fourth-order valence-corrected chi connectivity index (χ4v) is 1.72. The Hall–Kier alpha value is -2.04. The minimum Gasteiger partial charge on any atom is -0.368 e. The Labute approximate surface area is 115 Å². The van der Waals surface area contributed by atoms with Crippen LogP contribution in [0, 0.1) is 0 Å². The van der Waals surface area contributed by atoms with Crippen molar-refractivity contribution in [3.05, 3.63) is 18.7 Å². The van der Waals surface area contributed by atoms with Gasteiger partial charge in [-0.3, -0.25) is 4.57 Å². The van der Waals surface area contributed by atoms with Gasteiger partial charge in [0.2, 0.25) is 17.8 Å². The average molecular weight is 305 g/mol. The van der Waals surface area contributed by atoms with Crippen molar-refractivity contribution >= 4 is 23.7 Å². The summed E-state index contributed by atoms with van der Waals surface area (Å²) in [6, 6.07) is 0. The lowest BCUT2D eigenvalue weighted by Gasteiger charge is -2.08. The van der Waals surface area contributed by atoms with Crippen molar-refractivity contribution in [1.29, 1.82) is 0 Å². The minimum absolute atomic E-state index is 0.0327. The van der Waals surface area contributed by atoms with Crippen LogP contribution < -0.4 is 11.1 Å². The number of nitrogens with one attached hydrogen (secondary N) is 1. The summed E-state index contributed by atoms with van der Waals surface area (Å²) >= 11 is -0.121. The van der Waals surface area contributed by atoms with Crippen molar-refractivity contribution in [2.24, 2.45) is 0 Å². The minimum atomic E-state index is -4.25. The second kappa shape index (κ2) is 5.94. The number of halogens is 3. The van der Waals surface area contributed by atoms with Gasteiger partial charge >= 0.3 is 5.51 Å². The molecule has 3 N–H and O–H groups in total. The van der Waals surface area contributed by atoms with Gasteiger partial charge in [0.1, 0.15) is 6.33 Å². The topological polar surface area (TPSA) is 94.5 Å². The molecule has 0 saturated heterocycles. The molecule has 7 nitrogen and oxygen atoms in total. The lowest BCUT2D eigenvalue weighted by molar-refractivity contribution is -0.0327. The molecular formula is C9H10F3N7S. The van der Waals surface area contributed by atoms with Crippen LogP contribution in [0.1, 0.15) is 0 Å². The van der Waals surface area contributed by atoms with Crippen molar-refractivity contribution in [3.8, 4) is 5.95 Å². The third-order valence-electron chi connectivity index (χ3n) is 2.03. The van der Waals surface area contributed by atoms with Crippen LogP contribution >= 0.6 is 11.8 Å². The molecule has 0 saturated carbocycles. The summed E-state index contributed by atoms with van der Waals surface area (Å²) in [4.78, 5) is 15.6. The third-order valence-corrected chi connectivity index (χ3v) is 2.76. The van der Waals surface area contributed by atoms with E-state index in [1.54, 1.807) is 6.20 Å². The smallest absolute Gasteiger partial charge is 0.368 e. The van der Waals surface area contributed by atoms with Crippen molar-refractivity contribution in [1.82, 2.24) is 24.5 Å². The van der Waals surface area contributed by atoms with Crippen LogP contribution in [-0.4, -0.2) is 42.3 Å². The molecule has 2 aromatic rings. The Balaban J connectivity index is 1.98. The first-order valence-electron chi connectivity index (χ1n) is 5.38. The molecule has 2 heterocycles. The molecule has 108 valence electrons. The van der Waals surface area contributed by atoms with Gasteiger partial charge in [0.15, 0.2) is 0 Å². The molecule has 0 aromatic carbocycles. The highest BCUT2D eigenvalue weighted by Crippen LogP contribution is 2.29. The Morgan fingerprint density at radius 1 is 1.30 bits per heavy atom. The van der Waals surface area contributed by atoms with E-state index in [1.807, 2.05) is 0 Å². The number of nitrogens with two attached hydrogens (primary N) is 1. The molecule has 2 rings (SSSR count). The van der Waals surface area contributed by atoms with Gasteiger partial charge in [-0.2, -0.15) is 28.1 Å². The summed E-state index contributed by atoms with van der Waals surface area (Å²) in [5.41, 5.74) is 1.27. The fourth-order valence-electron chi connectivity index (χ4n) is 1.28. The molecule has 0 spiro atoms. The molecule has 11 heteroatoms. The van der Waals surface area contributed by atoms with Crippen molar-refractivity contribution in [2.45, 2.75) is 5.51 Å². The maximum Gasteiger partial charge on any atom is 0.441 e. The number of alkyl halides is 3. The van der Waals surface area contributed by atoms with Gasteiger partial charge in [-0.25, -0.2) is 4.98 Å². The van der Waals surface area contributed by atoms with E-state index in [2.05, 4.69) is 25.3 Å². The normalized spacial score (nSPS) is 11.6. The number of anilines is 2. The maximum absolute atomic E-state index is 12.0. The summed E-state index contributed by atoms with van der Waals surface area (Å²) in [6.45, 7) is 0.0526. The molecule has 0 unspecified atom stereocenters. The molecular weight excluding hydrogens is 295 g/mol. The molecule has 0 fully saturated rings. The van der Waals surface area contributed by atoms with E-state index in [9.17, 15) is 13.2 Å². The standard InChI is InChI=1S/C9H10F3N7S/c10-9(11,12)20-4-2-15-7-16-6(13)17-8(18-7)19-3-1-14-5-19/h1,3,5H,2,4H2,(H3,13,15,16,17,18). The van der Waals surface area contributed by atoms with E-state index in [-0.39, 0.29) is 41.9 Å². The lowest BCUT2D eigenvalue weighted by Crippen LogP contribution is -2.14. The molecule has 20 heavy (non-hydrogen) atoms. The summed E-state index contributed by atoms with van der Waals surface area (Å²) in [7, 11) is 0. The van der Waals surface area contributed by atoms with Crippen molar-refractivity contribution in [2.75, 3.05) is 23.3 Å². The van der Waals surface area contributed by atoms with E-state index < -0.39 is 5.51 Å². The number of thioether (sulfide) groups is 1. The van der Waals surface area contributed by atoms with E-state index in [4.69, 9.17) is 5.73 Å². The number of nitrogen functional groups attached to an aromatic ring is 1. The number of rotatable bonds is 5. The van der Waals surface area contributed by atoms with E-state index in [0.717, 1.165) is 0 Å².